The molecule has 54 valence electrons. The minimum absolute atomic E-state index is 0.0895. The third-order valence-electron chi connectivity index (χ3n) is 1.70. The van der Waals surface area contributed by atoms with Gasteiger partial charge >= 0.3 is 0 Å². The van der Waals surface area contributed by atoms with Crippen LogP contribution in [0.2, 0.25) is 0 Å². The van der Waals surface area contributed by atoms with E-state index in [1.54, 1.807) is 0 Å². The van der Waals surface area contributed by atoms with E-state index in [2.05, 4.69) is 0 Å². The van der Waals surface area contributed by atoms with Crippen molar-refractivity contribution in [2.75, 3.05) is 0 Å². The zero-order chi connectivity index (χ0) is 7.56. The Morgan fingerprint density at radius 3 is 2.90 bits per heavy atom. The van der Waals surface area contributed by atoms with E-state index in [4.69, 9.17) is 22.0 Å². The van der Waals surface area contributed by atoms with Crippen LogP contribution in [0.15, 0.2) is 10.8 Å². The van der Waals surface area contributed by atoms with Gasteiger partial charge in [0.15, 0.2) is 0 Å². The molecule has 1 aliphatic carbocycles. The first-order chi connectivity index (χ1) is 4.75. The number of nitriles is 1. The standard InChI is InChI=1S/C7H8ClNO/c8-7-5(3-4-9)1-2-6(7)10/h5,10H,1-3H2. The van der Waals surface area contributed by atoms with E-state index in [1.165, 1.54) is 0 Å². The van der Waals surface area contributed by atoms with Crippen molar-refractivity contribution >= 4 is 11.6 Å². The van der Waals surface area contributed by atoms with Crippen LogP contribution in [0.25, 0.3) is 0 Å². The first-order valence-corrected chi connectivity index (χ1v) is 3.58. The average molecular weight is 158 g/mol. The van der Waals surface area contributed by atoms with Gasteiger partial charge in [0.05, 0.1) is 11.1 Å². The van der Waals surface area contributed by atoms with Gasteiger partial charge in [-0.05, 0) is 6.42 Å². The molecule has 3 heteroatoms. The normalized spacial score (nSPS) is 25.0. The quantitative estimate of drug-likeness (QED) is 0.635. The maximum Gasteiger partial charge on any atom is 0.107 e. The molecule has 0 aromatic rings. The number of hydrogen-bond acceptors (Lipinski definition) is 2. The van der Waals surface area contributed by atoms with E-state index in [-0.39, 0.29) is 11.7 Å². The van der Waals surface area contributed by atoms with Gasteiger partial charge in [-0.3, -0.25) is 0 Å². The minimum atomic E-state index is 0.0895. The van der Waals surface area contributed by atoms with Crippen molar-refractivity contribution in [2.24, 2.45) is 5.92 Å². The summed E-state index contributed by atoms with van der Waals surface area (Å²) in [4.78, 5) is 0. The van der Waals surface area contributed by atoms with Gasteiger partial charge in [0.25, 0.3) is 0 Å². The highest BCUT2D eigenvalue weighted by atomic mass is 35.5. The fraction of sp³-hybridized carbons (Fsp3) is 0.571. The summed E-state index contributed by atoms with van der Waals surface area (Å²) in [5, 5.41) is 17.8. The molecule has 0 spiro atoms. The van der Waals surface area contributed by atoms with Crippen molar-refractivity contribution in [1.29, 1.82) is 5.26 Å². The molecule has 10 heavy (non-hydrogen) atoms. The third kappa shape index (κ3) is 1.25. The highest BCUT2D eigenvalue weighted by Crippen LogP contribution is 2.34. The largest absolute Gasteiger partial charge is 0.511 e. The van der Waals surface area contributed by atoms with Crippen molar-refractivity contribution in [3.05, 3.63) is 10.8 Å². The van der Waals surface area contributed by atoms with Gasteiger partial charge in [-0.25, -0.2) is 0 Å². The molecule has 0 heterocycles. The lowest BCUT2D eigenvalue weighted by Crippen LogP contribution is -1.92. The topological polar surface area (TPSA) is 44.0 Å². The zero-order valence-corrected chi connectivity index (χ0v) is 6.23. The maximum atomic E-state index is 9.03. The summed E-state index contributed by atoms with van der Waals surface area (Å²) >= 11 is 5.69. The van der Waals surface area contributed by atoms with Crippen LogP contribution in [0.4, 0.5) is 0 Å². The predicted octanol–water partition coefficient (Wildman–Crippen LogP) is 2.32. The molecule has 0 aliphatic heterocycles. The summed E-state index contributed by atoms with van der Waals surface area (Å²) in [5.41, 5.74) is 0. The van der Waals surface area contributed by atoms with Crippen LogP contribution in [-0.2, 0) is 0 Å². The summed E-state index contributed by atoms with van der Waals surface area (Å²) in [6.45, 7) is 0. The van der Waals surface area contributed by atoms with Crippen molar-refractivity contribution in [1.82, 2.24) is 0 Å². The summed E-state index contributed by atoms with van der Waals surface area (Å²) in [5.74, 6) is 0.355. The Hall–Kier alpha value is -0.680. The van der Waals surface area contributed by atoms with E-state index < -0.39 is 0 Å². The van der Waals surface area contributed by atoms with Crippen LogP contribution < -0.4 is 0 Å². The number of rotatable bonds is 1. The Labute approximate surface area is 64.7 Å². The van der Waals surface area contributed by atoms with Gasteiger partial charge in [0.2, 0.25) is 0 Å². The third-order valence-corrected chi connectivity index (χ3v) is 2.23. The number of aliphatic hydroxyl groups is 1. The van der Waals surface area contributed by atoms with E-state index in [0.717, 1.165) is 6.42 Å². The fourth-order valence-electron chi connectivity index (χ4n) is 1.09. The molecule has 1 rings (SSSR count). The SMILES string of the molecule is N#CCC1CCC(O)=C1Cl. The predicted molar refractivity (Wildman–Crippen MR) is 38.5 cm³/mol. The van der Waals surface area contributed by atoms with E-state index in [0.29, 0.717) is 17.9 Å². The van der Waals surface area contributed by atoms with Crippen LogP contribution in [0.5, 0.6) is 0 Å². The molecule has 0 radical (unpaired) electrons. The van der Waals surface area contributed by atoms with Gasteiger partial charge in [-0.1, -0.05) is 11.6 Å². The second-order valence-electron chi connectivity index (χ2n) is 2.39. The molecule has 0 amide bonds. The lowest BCUT2D eigenvalue weighted by atomic mass is 10.1. The summed E-state index contributed by atoms with van der Waals surface area (Å²) in [6.07, 6.45) is 1.87. The molecule has 0 aromatic heterocycles. The Bertz CT molecular complexity index is 204. The molecule has 0 fully saturated rings. The molecular formula is C7H8ClNO. The lowest BCUT2D eigenvalue weighted by molar-refractivity contribution is 0.395. The number of aliphatic hydroxyl groups excluding tert-OH is 1. The van der Waals surface area contributed by atoms with Crippen LogP contribution in [-0.4, -0.2) is 5.11 Å². The molecule has 2 nitrogen and oxygen atoms in total. The highest BCUT2D eigenvalue weighted by molar-refractivity contribution is 6.30. The molecule has 0 saturated heterocycles. The van der Waals surface area contributed by atoms with E-state index in [1.807, 2.05) is 6.07 Å². The fourth-order valence-corrected chi connectivity index (χ4v) is 1.38. The Kier molecular flexibility index (Phi) is 2.18. The average Bonchev–Trinajstić information content (AvgIpc) is 2.20. The van der Waals surface area contributed by atoms with E-state index >= 15 is 0 Å². The number of nitrogens with zero attached hydrogens (tertiary/aromatic N) is 1. The summed E-state index contributed by atoms with van der Waals surface area (Å²) < 4.78 is 0. The highest BCUT2D eigenvalue weighted by Gasteiger charge is 2.23. The van der Waals surface area contributed by atoms with Crippen LogP contribution >= 0.6 is 11.6 Å². The Balaban J connectivity index is 2.61. The number of allylic oxidation sites excluding steroid dienone is 2. The van der Waals surface area contributed by atoms with Gasteiger partial charge in [0, 0.05) is 18.8 Å². The molecule has 1 aliphatic rings. The van der Waals surface area contributed by atoms with Crippen LogP contribution in [0, 0.1) is 17.2 Å². The van der Waals surface area contributed by atoms with E-state index in [9.17, 15) is 0 Å². The van der Waals surface area contributed by atoms with Crippen LogP contribution in [0.1, 0.15) is 19.3 Å². The van der Waals surface area contributed by atoms with Crippen molar-refractivity contribution in [3.8, 4) is 6.07 Å². The van der Waals surface area contributed by atoms with Gasteiger partial charge in [-0.2, -0.15) is 5.26 Å². The first kappa shape index (κ1) is 7.43. The molecule has 1 N–H and O–H groups in total. The summed E-state index contributed by atoms with van der Waals surface area (Å²) in [6, 6.07) is 2.03. The maximum absolute atomic E-state index is 9.03. The van der Waals surface area contributed by atoms with Gasteiger partial charge in [-0.15, -0.1) is 0 Å². The second kappa shape index (κ2) is 2.94. The van der Waals surface area contributed by atoms with Crippen molar-refractivity contribution < 1.29 is 5.11 Å². The second-order valence-corrected chi connectivity index (χ2v) is 2.80. The number of hydrogen-bond donors (Lipinski definition) is 1. The molecule has 0 saturated carbocycles. The molecule has 0 aromatic carbocycles. The lowest BCUT2D eigenvalue weighted by Gasteiger charge is -2.00. The Morgan fingerprint density at radius 2 is 2.50 bits per heavy atom. The summed E-state index contributed by atoms with van der Waals surface area (Å²) in [7, 11) is 0. The Morgan fingerprint density at radius 1 is 1.80 bits per heavy atom. The van der Waals surface area contributed by atoms with Gasteiger partial charge < -0.3 is 5.11 Å². The van der Waals surface area contributed by atoms with Crippen LogP contribution in [0.3, 0.4) is 0 Å². The molecule has 1 atom stereocenters. The smallest absolute Gasteiger partial charge is 0.107 e. The molecular weight excluding hydrogens is 150 g/mol. The molecule has 1 unspecified atom stereocenters. The van der Waals surface area contributed by atoms with Crippen molar-refractivity contribution in [3.63, 3.8) is 0 Å². The zero-order valence-electron chi connectivity index (χ0n) is 5.47. The van der Waals surface area contributed by atoms with Crippen molar-refractivity contribution in [2.45, 2.75) is 19.3 Å². The monoisotopic (exact) mass is 157 g/mol. The minimum Gasteiger partial charge on any atom is -0.511 e. The van der Waals surface area contributed by atoms with Gasteiger partial charge in [0.1, 0.15) is 5.76 Å². The first-order valence-electron chi connectivity index (χ1n) is 3.20. The molecule has 0 bridgehead atoms. The number of halogens is 1.